The van der Waals surface area contributed by atoms with Crippen LogP contribution < -0.4 is 10.6 Å². The molecule has 2 saturated heterocycles. The molecule has 4 atom stereocenters. The molecule has 0 aliphatic carbocycles. The molecular formula is C32H62CoP2Si+2. The standard InChI is InChI=1S/C26H44P2.C4H11Si.C2H5.Co/c1-17(2)21-13-14-22(18(3)4)27(21)25-11-9-10-12-26(25)28-23(19(5)6)15-16-24(28)20(7)8;1-5(2,3)4;1-2;/h9-12,17-24H,13-16H2,1-8H3;1H2,2-4H3;1H2,2H3;/q;2*-1;+2/p+2. The second kappa shape index (κ2) is 16.8. The van der Waals surface area contributed by atoms with Crippen LogP contribution in [-0.2, 0) is 16.8 Å². The van der Waals surface area contributed by atoms with Gasteiger partial charge in [-0.1, -0.05) is 87.2 Å². The van der Waals surface area contributed by atoms with Crippen molar-refractivity contribution < 1.29 is 16.8 Å². The summed E-state index contributed by atoms with van der Waals surface area (Å²) in [6, 6.07) is 9.94. The molecule has 2 aliphatic rings. The van der Waals surface area contributed by atoms with Crippen LogP contribution in [-0.4, -0.2) is 30.7 Å². The summed E-state index contributed by atoms with van der Waals surface area (Å²) in [5.74, 6) is 3.36. The summed E-state index contributed by atoms with van der Waals surface area (Å²) < 4.78 is 0. The Labute approximate surface area is 242 Å². The van der Waals surface area contributed by atoms with Crippen molar-refractivity contribution in [2.24, 2.45) is 23.7 Å². The third-order valence-corrected chi connectivity index (χ3v) is 17.3. The Hall–Kier alpha value is 0.803. The molecule has 4 heteroatoms. The third kappa shape index (κ3) is 10.4. The molecule has 0 amide bonds. The van der Waals surface area contributed by atoms with Crippen molar-refractivity contribution in [3.63, 3.8) is 0 Å². The van der Waals surface area contributed by atoms with Crippen LogP contribution in [0.2, 0.25) is 19.6 Å². The Kier molecular flexibility index (Phi) is 17.2. The summed E-state index contributed by atoms with van der Waals surface area (Å²) in [4.78, 5) is 0. The quantitative estimate of drug-likeness (QED) is 0.175. The molecule has 211 valence electrons. The minimum absolute atomic E-state index is 0. The Morgan fingerprint density at radius 3 is 0.972 bits per heavy atom. The molecule has 2 heterocycles. The van der Waals surface area contributed by atoms with Gasteiger partial charge in [0.15, 0.2) is 0 Å². The van der Waals surface area contributed by atoms with Crippen molar-refractivity contribution in [2.75, 3.05) is 0 Å². The second-order valence-electron chi connectivity index (χ2n) is 13.6. The van der Waals surface area contributed by atoms with Crippen molar-refractivity contribution in [3.8, 4) is 0 Å². The van der Waals surface area contributed by atoms with Crippen LogP contribution in [0.5, 0.6) is 0 Å². The zero-order valence-electron chi connectivity index (χ0n) is 26.0. The predicted molar refractivity (Wildman–Crippen MR) is 175 cm³/mol. The van der Waals surface area contributed by atoms with Crippen LogP contribution in [0.4, 0.5) is 0 Å². The van der Waals surface area contributed by atoms with Crippen LogP contribution in [0.1, 0.15) is 88.0 Å². The van der Waals surface area contributed by atoms with Gasteiger partial charge < -0.3 is 13.5 Å². The predicted octanol–water partition coefficient (Wildman–Crippen LogP) is 9.59. The molecule has 0 aromatic heterocycles. The van der Waals surface area contributed by atoms with E-state index >= 15 is 0 Å². The first-order valence-corrected chi connectivity index (χ1v) is 21.6. The van der Waals surface area contributed by atoms with Gasteiger partial charge in [-0.25, -0.2) is 0 Å². The first-order chi connectivity index (χ1) is 16.2. The van der Waals surface area contributed by atoms with Crippen molar-refractivity contribution in [1.82, 2.24) is 0 Å². The summed E-state index contributed by atoms with van der Waals surface area (Å²) in [6.45, 7) is 35.5. The Morgan fingerprint density at radius 2 is 0.806 bits per heavy atom. The van der Waals surface area contributed by atoms with Gasteiger partial charge in [-0.2, -0.15) is 6.92 Å². The number of hydrogen-bond donors (Lipinski definition) is 0. The molecule has 36 heavy (non-hydrogen) atoms. The van der Waals surface area contributed by atoms with Crippen LogP contribution in [0.25, 0.3) is 0 Å². The summed E-state index contributed by atoms with van der Waals surface area (Å²) in [6.07, 6.45) is 5.91. The van der Waals surface area contributed by atoms with E-state index in [9.17, 15) is 0 Å². The minimum atomic E-state index is -0.861. The van der Waals surface area contributed by atoms with Crippen LogP contribution in [0, 0.1) is 37.1 Å². The van der Waals surface area contributed by atoms with E-state index in [-0.39, 0.29) is 16.8 Å². The fraction of sp³-hybridized carbons (Fsp3) is 0.750. The van der Waals surface area contributed by atoms with Gasteiger partial charge in [-0.15, -0.1) is 8.07 Å². The van der Waals surface area contributed by atoms with Crippen molar-refractivity contribution in [2.45, 2.75) is 130 Å². The summed E-state index contributed by atoms with van der Waals surface area (Å²) >= 11 is 0. The van der Waals surface area contributed by atoms with Gasteiger partial charge in [0, 0.05) is 15.8 Å². The van der Waals surface area contributed by atoms with Crippen molar-refractivity contribution in [1.29, 1.82) is 0 Å². The van der Waals surface area contributed by atoms with E-state index in [0.29, 0.717) is 0 Å². The van der Waals surface area contributed by atoms with Gasteiger partial charge in [0.2, 0.25) is 0 Å². The first-order valence-electron chi connectivity index (χ1n) is 14.6. The SMILES string of the molecule is CC(C)C1CCC(C(C)C)[PH+]1c1ccccc1[PH+]1C(C(C)C)CCC1C(C)C.[CH2-]C.[CH2-][Si](C)(C)C.[Co+2]. The molecule has 0 N–H and O–H groups in total. The van der Waals surface area contributed by atoms with E-state index in [1.54, 1.807) is 6.92 Å². The Morgan fingerprint density at radius 1 is 0.611 bits per heavy atom. The molecule has 3 rings (SSSR count). The molecule has 1 radical (unpaired) electrons. The van der Waals surface area contributed by atoms with Crippen molar-refractivity contribution in [3.05, 3.63) is 37.7 Å². The molecule has 0 saturated carbocycles. The average Bonchev–Trinajstić information content (AvgIpc) is 3.39. The minimum Gasteiger partial charge on any atom is -0.346 e. The van der Waals surface area contributed by atoms with Crippen LogP contribution >= 0.6 is 15.8 Å². The summed E-state index contributed by atoms with van der Waals surface area (Å²) in [5, 5.41) is 3.77. The Bertz CT molecular complexity index is 632. The van der Waals surface area contributed by atoms with Crippen LogP contribution in [0.3, 0.4) is 0 Å². The fourth-order valence-electron chi connectivity index (χ4n) is 6.45. The van der Waals surface area contributed by atoms with Gasteiger partial charge in [-0.05, 0) is 61.5 Å². The fourth-order valence-corrected chi connectivity index (χ4v) is 16.2. The molecule has 1 aromatic carbocycles. The molecule has 2 fully saturated rings. The molecular weight excluding hydrogens is 533 g/mol. The monoisotopic (exact) mass is 595 g/mol. The van der Waals surface area contributed by atoms with Gasteiger partial charge in [0.25, 0.3) is 0 Å². The zero-order chi connectivity index (χ0) is 27.1. The molecule has 0 bridgehead atoms. The second-order valence-corrected chi connectivity index (χ2v) is 24.6. The smallest absolute Gasteiger partial charge is 0.346 e. The van der Waals surface area contributed by atoms with E-state index in [1.165, 1.54) is 25.7 Å². The first kappa shape index (κ1) is 36.8. The van der Waals surface area contributed by atoms with Gasteiger partial charge in [-0.3, -0.25) is 0 Å². The average molecular weight is 596 g/mol. The molecule has 1 aromatic rings. The zero-order valence-corrected chi connectivity index (χ0v) is 30.0. The van der Waals surface area contributed by atoms with E-state index in [4.69, 9.17) is 0 Å². The van der Waals surface area contributed by atoms with E-state index in [2.05, 4.69) is 113 Å². The maximum atomic E-state index is 3.91. The third-order valence-electron chi connectivity index (χ3n) is 7.94. The summed E-state index contributed by atoms with van der Waals surface area (Å²) in [7, 11) is -1.87. The largest absolute Gasteiger partial charge is 2.00 e. The normalized spacial score (nSPS) is 28.1. The van der Waals surface area contributed by atoms with Gasteiger partial charge in [0.1, 0.15) is 10.6 Å². The number of benzene rings is 1. The maximum Gasteiger partial charge on any atom is 2.00 e. The topological polar surface area (TPSA) is 0 Å². The number of rotatable bonds is 6. The van der Waals surface area contributed by atoms with Crippen LogP contribution in [0.15, 0.2) is 24.3 Å². The molecule has 4 unspecified atom stereocenters. The molecule has 0 spiro atoms. The van der Waals surface area contributed by atoms with E-state index in [0.717, 1.165) is 46.3 Å². The van der Waals surface area contributed by atoms with E-state index in [1.807, 2.05) is 10.6 Å². The van der Waals surface area contributed by atoms with Gasteiger partial charge >= 0.3 is 16.8 Å². The number of hydrogen-bond acceptors (Lipinski definition) is 0. The molecule has 0 nitrogen and oxygen atoms in total. The van der Waals surface area contributed by atoms with Gasteiger partial charge in [0.05, 0.1) is 22.6 Å². The van der Waals surface area contributed by atoms with Crippen molar-refractivity contribution >= 4 is 34.5 Å². The molecule has 2 aliphatic heterocycles. The van der Waals surface area contributed by atoms with E-state index < -0.39 is 23.9 Å². The maximum absolute atomic E-state index is 3.91. The summed E-state index contributed by atoms with van der Waals surface area (Å²) in [5.41, 5.74) is 3.88. The Balaban J connectivity index is 0.00000137.